The van der Waals surface area contributed by atoms with E-state index in [-0.39, 0.29) is 0 Å². The lowest BCUT2D eigenvalue weighted by Gasteiger charge is -2.13. The Morgan fingerprint density at radius 2 is 1.81 bits per heavy atom. The zero-order valence-corrected chi connectivity index (χ0v) is 13.0. The van der Waals surface area contributed by atoms with Gasteiger partial charge in [0.15, 0.2) is 0 Å². The molecule has 2 aromatic rings. The summed E-state index contributed by atoms with van der Waals surface area (Å²) in [5.74, 6) is 1.77. The van der Waals surface area contributed by atoms with Gasteiger partial charge in [0, 0.05) is 5.56 Å². The standard InChI is InChI=1S/C18H23NO2/c1-13-4-5-14(2)18(10-13)21-12-16-11-15(8-9-19)6-7-17(16)20-3/h4-7,10-11H,8-9,12,19H2,1-3H3. The first kappa shape index (κ1) is 15.4. The molecular formula is C18H23NO2. The van der Waals surface area contributed by atoms with Crippen LogP contribution in [0.2, 0.25) is 0 Å². The van der Waals surface area contributed by atoms with E-state index < -0.39 is 0 Å². The second kappa shape index (κ2) is 7.14. The van der Waals surface area contributed by atoms with E-state index in [1.54, 1.807) is 7.11 Å². The number of methoxy groups -OCH3 is 1. The minimum atomic E-state index is 0.492. The summed E-state index contributed by atoms with van der Waals surface area (Å²) < 4.78 is 11.4. The summed E-state index contributed by atoms with van der Waals surface area (Å²) in [5, 5.41) is 0. The van der Waals surface area contributed by atoms with Gasteiger partial charge in [-0.15, -0.1) is 0 Å². The highest BCUT2D eigenvalue weighted by Crippen LogP contribution is 2.24. The number of ether oxygens (including phenoxy) is 2. The van der Waals surface area contributed by atoms with Gasteiger partial charge in [-0.2, -0.15) is 0 Å². The van der Waals surface area contributed by atoms with Crippen molar-refractivity contribution in [1.29, 1.82) is 0 Å². The fourth-order valence-electron chi connectivity index (χ4n) is 2.29. The number of rotatable bonds is 6. The normalized spacial score (nSPS) is 10.5. The van der Waals surface area contributed by atoms with Crippen molar-refractivity contribution < 1.29 is 9.47 Å². The van der Waals surface area contributed by atoms with Gasteiger partial charge in [-0.1, -0.05) is 18.2 Å². The molecule has 0 atom stereocenters. The summed E-state index contributed by atoms with van der Waals surface area (Å²) in [7, 11) is 1.68. The van der Waals surface area contributed by atoms with Crippen LogP contribution in [0.3, 0.4) is 0 Å². The molecule has 2 N–H and O–H groups in total. The van der Waals surface area contributed by atoms with Gasteiger partial charge in [-0.3, -0.25) is 0 Å². The highest BCUT2D eigenvalue weighted by Gasteiger charge is 2.07. The first-order chi connectivity index (χ1) is 10.1. The van der Waals surface area contributed by atoms with Gasteiger partial charge in [0.2, 0.25) is 0 Å². The molecule has 0 saturated heterocycles. The number of benzene rings is 2. The van der Waals surface area contributed by atoms with Crippen LogP contribution >= 0.6 is 0 Å². The SMILES string of the molecule is COc1ccc(CCN)cc1COc1cc(C)ccc1C. The third-order valence-corrected chi connectivity index (χ3v) is 3.50. The second-order valence-corrected chi connectivity index (χ2v) is 5.24. The molecule has 3 heteroatoms. The molecule has 0 aliphatic heterocycles. The summed E-state index contributed by atoms with van der Waals surface area (Å²) in [6.45, 7) is 5.25. The minimum absolute atomic E-state index is 0.492. The highest BCUT2D eigenvalue weighted by molar-refractivity contribution is 5.39. The largest absolute Gasteiger partial charge is 0.496 e. The van der Waals surface area contributed by atoms with Crippen molar-refractivity contribution in [3.05, 3.63) is 58.7 Å². The third-order valence-electron chi connectivity index (χ3n) is 3.50. The zero-order chi connectivity index (χ0) is 15.2. The molecule has 3 nitrogen and oxygen atoms in total. The fourth-order valence-corrected chi connectivity index (χ4v) is 2.29. The summed E-state index contributed by atoms with van der Waals surface area (Å²) in [6, 6.07) is 12.4. The van der Waals surface area contributed by atoms with Crippen LogP contribution in [0.25, 0.3) is 0 Å². The monoisotopic (exact) mass is 285 g/mol. The zero-order valence-electron chi connectivity index (χ0n) is 13.0. The number of hydrogen-bond acceptors (Lipinski definition) is 3. The van der Waals surface area contributed by atoms with Crippen molar-refractivity contribution in [3.63, 3.8) is 0 Å². The van der Waals surface area contributed by atoms with E-state index in [0.717, 1.165) is 29.0 Å². The fraction of sp³-hybridized carbons (Fsp3) is 0.333. The highest BCUT2D eigenvalue weighted by atomic mass is 16.5. The molecular weight excluding hydrogens is 262 g/mol. The van der Waals surface area contributed by atoms with E-state index in [1.165, 1.54) is 11.1 Å². The molecule has 0 saturated carbocycles. The molecule has 0 aliphatic carbocycles. The molecule has 0 bridgehead atoms. The lowest BCUT2D eigenvalue weighted by molar-refractivity contribution is 0.294. The van der Waals surface area contributed by atoms with Crippen molar-refractivity contribution >= 4 is 0 Å². The maximum atomic E-state index is 5.97. The molecule has 0 unspecified atom stereocenters. The van der Waals surface area contributed by atoms with Crippen molar-refractivity contribution in [2.24, 2.45) is 5.73 Å². The van der Waals surface area contributed by atoms with Gasteiger partial charge in [0.25, 0.3) is 0 Å². The van der Waals surface area contributed by atoms with E-state index in [9.17, 15) is 0 Å². The molecule has 2 aromatic carbocycles. The second-order valence-electron chi connectivity index (χ2n) is 5.24. The summed E-state index contributed by atoms with van der Waals surface area (Å²) >= 11 is 0. The van der Waals surface area contributed by atoms with Gasteiger partial charge in [-0.25, -0.2) is 0 Å². The van der Waals surface area contributed by atoms with E-state index >= 15 is 0 Å². The lowest BCUT2D eigenvalue weighted by Crippen LogP contribution is -2.05. The smallest absolute Gasteiger partial charge is 0.125 e. The molecule has 21 heavy (non-hydrogen) atoms. The molecule has 112 valence electrons. The number of hydrogen-bond donors (Lipinski definition) is 1. The Balaban J connectivity index is 2.18. The first-order valence-electron chi connectivity index (χ1n) is 7.20. The van der Waals surface area contributed by atoms with Crippen molar-refractivity contribution in [2.75, 3.05) is 13.7 Å². The summed E-state index contributed by atoms with van der Waals surface area (Å²) in [6.07, 6.45) is 0.862. The van der Waals surface area contributed by atoms with Gasteiger partial charge < -0.3 is 15.2 Å². The molecule has 0 spiro atoms. The molecule has 0 aliphatic rings. The Kier molecular flexibility index (Phi) is 5.23. The van der Waals surface area contributed by atoms with Crippen LogP contribution in [0.15, 0.2) is 36.4 Å². The molecule has 0 amide bonds. The van der Waals surface area contributed by atoms with Crippen LogP contribution in [-0.2, 0) is 13.0 Å². The first-order valence-corrected chi connectivity index (χ1v) is 7.20. The number of aryl methyl sites for hydroxylation is 2. The van der Waals surface area contributed by atoms with Crippen molar-refractivity contribution in [1.82, 2.24) is 0 Å². The van der Waals surface area contributed by atoms with Crippen LogP contribution < -0.4 is 15.2 Å². The van der Waals surface area contributed by atoms with Crippen LogP contribution in [0, 0.1) is 13.8 Å². The van der Waals surface area contributed by atoms with Gasteiger partial charge >= 0.3 is 0 Å². The quantitative estimate of drug-likeness (QED) is 0.884. The Labute approximate surface area is 126 Å². The average molecular weight is 285 g/mol. The molecule has 0 aromatic heterocycles. The Morgan fingerprint density at radius 1 is 1.00 bits per heavy atom. The average Bonchev–Trinajstić information content (AvgIpc) is 2.49. The van der Waals surface area contributed by atoms with Crippen LogP contribution in [-0.4, -0.2) is 13.7 Å². The van der Waals surface area contributed by atoms with Gasteiger partial charge in [0.05, 0.1) is 7.11 Å². The molecule has 0 fully saturated rings. The maximum absolute atomic E-state index is 5.97. The third kappa shape index (κ3) is 3.99. The Morgan fingerprint density at radius 3 is 2.52 bits per heavy atom. The predicted octanol–water partition coefficient (Wildman–Crippen LogP) is 3.39. The summed E-state index contributed by atoms with van der Waals surface area (Å²) in [5.41, 5.74) is 10.2. The maximum Gasteiger partial charge on any atom is 0.125 e. The van der Waals surface area contributed by atoms with Gasteiger partial charge in [-0.05, 0) is 61.7 Å². The van der Waals surface area contributed by atoms with E-state index in [1.807, 2.05) is 12.1 Å². The Bertz CT molecular complexity index is 608. The molecule has 0 heterocycles. The topological polar surface area (TPSA) is 44.5 Å². The van der Waals surface area contributed by atoms with Crippen molar-refractivity contribution in [3.8, 4) is 11.5 Å². The van der Waals surface area contributed by atoms with Gasteiger partial charge in [0.1, 0.15) is 18.1 Å². The minimum Gasteiger partial charge on any atom is -0.496 e. The van der Waals surface area contributed by atoms with E-state index in [2.05, 4.69) is 38.1 Å². The lowest BCUT2D eigenvalue weighted by atomic mass is 10.1. The van der Waals surface area contributed by atoms with Crippen LogP contribution in [0.5, 0.6) is 11.5 Å². The number of nitrogens with two attached hydrogens (primary N) is 1. The van der Waals surface area contributed by atoms with E-state index in [4.69, 9.17) is 15.2 Å². The van der Waals surface area contributed by atoms with Crippen molar-refractivity contribution in [2.45, 2.75) is 26.9 Å². The van der Waals surface area contributed by atoms with Crippen LogP contribution in [0.4, 0.5) is 0 Å². The molecule has 0 radical (unpaired) electrons. The summed E-state index contributed by atoms with van der Waals surface area (Å²) in [4.78, 5) is 0. The molecule has 2 rings (SSSR count). The van der Waals surface area contributed by atoms with Crippen LogP contribution in [0.1, 0.15) is 22.3 Å². The Hall–Kier alpha value is -2.00. The van der Waals surface area contributed by atoms with E-state index in [0.29, 0.717) is 13.2 Å². The predicted molar refractivity (Wildman–Crippen MR) is 86.0 cm³/mol.